The second-order valence-electron chi connectivity index (χ2n) is 3.53. The number of hydrogen-bond donors (Lipinski definition) is 0. The van der Waals surface area contributed by atoms with Crippen LogP contribution in [-0.4, -0.2) is 11.8 Å². The molecule has 0 radical (unpaired) electrons. The Morgan fingerprint density at radius 1 is 0.765 bits per heavy atom. The van der Waals surface area contributed by atoms with Crippen molar-refractivity contribution in [2.45, 2.75) is 0 Å². The molecule has 84 valence electrons. The number of carboxylic acid groups (broad SMARTS) is 1. The van der Waals surface area contributed by atoms with Crippen molar-refractivity contribution in [2.75, 3.05) is 0 Å². The standard InChI is InChI=1S/C14H10O3/c15-13(10-6-2-1-3-7-10)11-8-4-5-9-12(11)14(16)17/h1-9H,(H,16,17)/p-1. The van der Waals surface area contributed by atoms with Crippen molar-refractivity contribution in [3.8, 4) is 0 Å². The van der Waals surface area contributed by atoms with E-state index in [9.17, 15) is 14.7 Å². The van der Waals surface area contributed by atoms with Crippen LogP contribution in [0.4, 0.5) is 0 Å². The van der Waals surface area contributed by atoms with Crippen molar-refractivity contribution in [2.24, 2.45) is 0 Å². The topological polar surface area (TPSA) is 57.2 Å². The molecule has 0 saturated carbocycles. The molecule has 0 fully saturated rings. The van der Waals surface area contributed by atoms with Gasteiger partial charge in [-0.05, 0) is 0 Å². The second-order valence-corrected chi connectivity index (χ2v) is 3.53. The minimum Gasteiger partial charge on any atom is -0.545 e. The van der Waals surface area contributed by atoms with Gasteiger partial charge in [0.2, 0.25) is 0 Å². The van der Waals surface area contributed by atoms with Gasteiger partial charge in [-0.25, -0.2) is 0 Å². The highest BCUT2D eigenvalue weighted by Crippen LogP contribution is 2.13. The van der Waals surface area contributed by atoms with Gasteiger partial charge in [0, 0.05) is 16.7 Å². The summed E-state index contributed by atoms with van der Waals surface area (Å²) < 4.78 is 0. The number of carbonyl (C=O) groups is 2. The number of hydrogen-bond acceptors (Lipinski definition) is 3. The Morgan fingerprint density at radius 3 is 1.88 bits per heavy atom. The van der Waals surface area contributed by atoms with Crippen LogP contribution in [0.2, 0.25) is 0 Å². The van der Waals surface area contributed by atoms with Crippen molar-refractivity contribution in [3.05, 3.63) is 71.3 Å². The van der Waals surface area contributed by atoms with Gasteiger partial charge >= 0.3 is 0 Å². The minimum atomic E-state index is -1.34. The SMILES string of the molecule is O=C([O-])c1ccccc1C(=O)c1ccccc1. The zero-order valence-electron chi connectivity index (χ0n) is 8.92. The molecule has 0 heterocycles. The van der Waals surface area contributed by atoms with E-state index in [0.717, 1.165) is 0 Å². The molecular formula is C14H9O3-. The molecule has 0 aromatic heterocycles. The number of aromatic carboxylic acids is 1. The number of carboxylic acids is 1. The molecule has 0 aliphatic rings. The third kappa shape index (κ3) is 2.23. The first-order valence-corrected chi connectivity index (χ1v) is 5.10. The Hall–Kier alpha value is -2.42. The molecule has 0 unspecified atom stereocenters. The highest BCUT2D eigenvalue weighted by Gasteiger charge is 2.12. The van der Waals surface area contributed by atoms with Gasteiger partial charge in [-0.1, -0.05) is 54.6 Å². The van der Waals surface area contributed by atoms with Gasteiger partial charge in [0.05, 0.1) is 5.97 Å². The summed E-state index contributed by atoms with van der Waals surface area (Å²) in [4.78, 5) is 23.0. The Balaban J connectivity index is 2.48. The first kappa shape index (κ1) is 11.1. The zero-order chi connectivity index (χ0) is 12.3. The minimum absolute atomic E-state index is 0.0821. The van der Waals surface area contributed by atoms with E-state index in [1.165, 1.54) is 12.1 Å². The molecule has 0 amide bonds. The van der Waals surface area contributed by atoms with Crippen LogP contribution in [0, 0.1) is 0 Å². The van der Waals surface area contributed by atoms with Crippen molar-refractivity contribution < 1.29 is 14.7 Å². The maximum absolute atomic E-state index is 12.1. The van der Waals surface area contributed by atoms with Gasteiger partial charge in [0.1, 0.15) is 0 Å². The maximum atomic E-state index is 12.1. The Morgan fingerprint density at radius 2 is 1.29 bits per heavy atom. The summed E-state index contributed by atoms with van der Waals surface area (Å²) in [7, 11) is 0. The van der Waals surface area contributed by atoms with E-state index in [-0.39, 0.29) is 16.9 Å². The Labute approximate surface area is 98.3 Å². The third-order valence-corrected chi connectivity index (χ3v) is 2.43. The molecule has 0 aliphatic heterocycles. The fraction of sp³-hybridized carbons (Fsp3) is 0. The number of carbonyl (C=O) groups excluding carboxylic acids is 2. The summed E-state index contributed by atoms with van der Waals surface area (Å²) in [5.41, 5.74) is 0.529. The van der Waals surface area contributed by atoms with Gasteiger partial charge < -0.3 is 9.90 Å². The lowest BCUT2D eigenvalue weighted by atomic mass is 9.98. The normalized spacial score (nSPS) is 9.88. The highest BCUT2D eigenvalue weighted by atomic mass is 16.4. The van der Waals surface area contributed by atoms with Crippen LogP contribution in [0.15, 0.2) is 54.6 Å². The summed E-state index contributed by atoms with van der Waals surface area (Å²) in [5, 5.41) is 10.9. The number of benzene rings is 2. The molecule has 0 bridgehead atoms. The average Bonchev–Trinajstić information content (AvgIpc) is 2.39. The molecule has 0 saturated heterocycles. The van der Waals surface area contributed by atoms with Gasteiger partial charge in [-0.3, -0.25) is 4.79 Å². The third-order valence-electron chi connectivity index (χ3n) is 2.43. The molecule has 3 nitrogen and oxygen atoms in total. The molecule has 2 aromatic rings. The lowest BCUT2D eigenvalue weighted by Gasteiger charge is -2.08. The van der Waals surface area contributed by atoms with Crippen LogP contribution >= 0.6 is 0 Å². The molecule has 2 rings (SSSR count). The van der Waals surface area contributed by atoms with Crippen molar-refractivity contribution in [3.63, 3.8) is 0 Å². The van der Waals surface area contributed by atoms with E-state index in [2.05, 4.69) is 0 Å². The van der Waals surface area contributed by atoms with Crippen LogP contribution < -0.4 is 5.11 Å². The fourth-order valence-electron chi connectivity index (χ4n) is 1.60. The van der Waals surface area contributed by atoms with Crippen LogP contribution in [0.3, 0.4) is 0 Å². The smallest absolute Gasteiger partial charge is 0.193 e. The summed E-state index contributed by atoms with van der Waals surface area (Å²) >= 11 is 0. The van der Waals surface area contributed by atoms with Gasteiger partial charge in [-0.15, -0.1) is 0 Å². The summed E-state index contributed by atoms with van der Waals surface area (Å²) in [5.74, 6) is -1.66. The average molecular weight is 225 g/mol. The molecule has 0 atom stereocenters. The van der Waals surface area contributed by atoms with E-state index in [0.29, 0.717) is 5.56 Å². The monoisotopic (exact) mass is 225 g/mol. The maximum Gasteiger partial charge on any atom is 0.193 e. The van der Waals surface area contributed by atoms with Gasteiger partial charge in [0.25, 0.3) is 0 Å². The molecule has 3 heteroatoms. The van der Waals surface area contributed by atoms with E-state index >= 15 is 0 Å². The Kier molecular flexibility index (Phi) is 3.01. The molecular weight excluding hydrogens is 216 g/mol. The number of ketones is 1. The highest BCUT2D eigenvalue weighted by molar-refractivity contribution is 6.13. The molecule has 2 aromatic carbocycles. The Bertz CT molecular complexity index is 559. The quantitative estimate of drug-likeness (QED) is 0.739. The van der Waals surface area contributed by atoms with Crippen LogP contribution in [-0.2, 0) is 0 Å². The predicted octanol–water partition coefficient (Wildman–Crippen LogP) is 1.28. The van der Waals surface area contributed by atoms with Crippen LogP contribution in [0.5, 0.6) is 0 Å². The van der Waals surface area contributed by atoms with Crippen molar-refractivity contribution in [1.29, 1.82) is 0 Å². The molecule has 0 spiro atoms. The summed E-state index contributed by atoms with van der Waals surface area (Å²) in [6.45, 7) is 0. The van der Waals surface area contributed by atoms with E-state index in [4.69, 9.17) is 0 Å². The first-order valence-electron chi connectivity index (χ1n) is 5.10. The van der Waals surface area contributed by atoms with Crippen LogP contribution in [0.25, 0.3) is 0 Å². The lowest BCUT2D eigenvalue weighted by molar-refractivity contribution is -0.255. The van der Waals surface area contributed by atoms with Crippen molar-refractivity contribution in [1.82, 2.24) is 0 Å². The van der Waals surface area contributed by atoms with Gasteiger partial charge in [-0.2, -0.15) is 0 Å². The van der Waals surface area contributed by atoms with E-state index < -0.39 is 5.97 Å². The summed E-state index contributed by atoms with van der Waals surface area (Å²) in [6.07, 6.45) is 0. The number of rotatable bonds is 3. The van der Waals surface area contributed by atoms with Gasteiger partial charge in [0.15, 0.2) is 5.78 Å². The lowest BCUT2D eigenvalue weighted by Crippen LogP contribution is -2.25. The molecule has 0 aliphatic carbocycles. The fourth-order valence-corrected chi connectivity index (χ4v) is 1.60. The zero-order valence-corrected chi connectivity index (χ0v) is 8.92. The van der Waals surface area contributed by atoms with Crippen LogP contribution in [0.1, 0.15) is 26.3 Å². The largest absolute Gasteiger partial charge is 0.545 e. The van der Waals surface area contributed by atoms with E-state index in [1.54, 1.807) is 42.5 Å². The molecule has 17 heavy (non-hydrogen) atoms. The molecule has 0 N–H and O–H groups in total. The summed E-state index contributed by atoms with van der Waals surface area (Å²) in [6, 6.07) is 14.6. The van der Waals surface area contributed by atoms with Crippen molar-refractivity contribution >= 4 is 11.8 Å². The predicted molar refractivity (Wildman–Crippen MR) is 60.6 cm³/mol. The first-order chi connectivity index (χ1) is 8.20. The second kappa shape index (κ2) is 4.61. The van der Waals surface area contributed by atoms with E-state index in [1.807, 2.05) is 0 Å².